The van der Waals surface area contributed by atoms with Crippen molar-refractivity contribution in [2.75, 3.05) is 13.2 Å². The second kappa shape index (κ2) is 11.9. The van der Waals surface area contributed by atoms with E-state index in [9.17, 15) is 9.59 Å². The molecule has 30 heavy (non-hydrogen) atoms. The largest absolute Gasteiger partial charge is 0.493 e. The van der Waals surface area contributed by atoms with Crippen molar-refractivity contribution in [3.63, 3.8) is 0 Å². The number of nitrogens with one attached hydrogen (secondary N) is 3. The van der Waals surface area contributed by atoms with Crippen molar-refractivity contribution in [2.24, 2.45) is 0 Å². The topological polar surface area (TPSA) is 88.7 Å². The van der Waals surface area contributed by atoms with Crippen LogP contribution in [-0.4, -0.2) is 30.1 Å². The molecule has 7 nitrogen and oxygen atoms in total. The lowest BCUT2D eigenvalue weighted by Crippen LogP contribution is -2.49. The van der Waals surface area contributed by atoms with Crippen LogP contribution in [0.4, 0.5) is 0 Å². The van der Waals surface area contributed by atoms with Gasteiger partial charge in [0.25, 0.3) is 11.8 Å². The lowest BCUT2D eigenvalue weighted by molar-refractivity contribution is -0.123. The molecule has 0 atom stereocenters. The smallest absolute Gasteiger partial charge is 0.276 e. The molecule has 0 radical (unpaired) electrons. The minimum atomic E-state index is -0.457. The zero-order chi connectivity index (χ0) is 22.1. The number of hydrogen-bond donors (Lipinski definition) is 3. The summed E-state index contributed by atoms with van der Waals surface area (Å²) in [7, 11) is 0. The number of ether oxygens (including phenoxy) is 2. The molecule has 0 aliphatic carbocycles. The van der Waals surface area contributed by atoms with Crippen LogP contribution in [0.1, 0.15) is 29.8 Å². The molecule has 0 saturated heterocycles. The minimum absolute atomic E-state index is 0.0492. The van der Waals surface area contributed by atoms with Crippen LogP contribution in [0, 0.1) is 0 Å². The van der Waals surface area contributed by atoms with Gasteiger partial charge in [0.2, 0.25) is 0 Å². The van der Waals surface area contributed by atoms with E-state index in [1.54, 1.807) is 24.3 Å². The highest BCUT2D eigenvalue weighted by atomic mass is 79.9. The summed E-state index contributed by atoms with van der Waals surface area (Å²) in [6.45, 7) is 4.22. The fourth-order valence-electron chi connectivity index (χ4n) is 2.31. The third-order valence-corrected chi connectivity index (χ3v) is 5.24. The van der Waals surface area contributed by atoms with Gasteiger partial charge in [-0.3, -0.25) is 25.8 Å². The van der Waals surface area contributed by atoms with Gasteiger partial charge in [0.15, 0.2) is 11.7 Å². The number of thiocarbonyl (C=S) groups is 1. The summed E-state index contributed by atoms with van der Waals surface area (Å²) in [5, 5.41) is 2.43. The molecule has 2 amide bonds. The number of benzene rings is 2. The Bertz CT molecular complexity index is 940. The van der Waals surface area contributed by atoms with Crippen molar-refractivity contribution in [1.29, 1.82) is 0 Å². The third kappa shape index (κ3) is 7.26. The van der Waals surface area contributed by atoms with Gasteiger partial charge in [-0.05, 0) is 93.3 Å². The first-order valence-corrected chi connectivity index (χ1v) is 11.1. The second-order valence-corrected chi connectivity index (χ2v) is 8.06. The molecule has 0 heterocycles. The van der Waals surface area contributed by atoms with Crippen LogP contribution in [0.5, 0.6) is 11.5 Å². The molecule has 0 aliphatic rings. The normalized spacial score (nSPS) is 10.1. The first kappa shape index (κ1) is 24.1. The van der Waals surface area contributed by atoms with Crippen LogP contribution in [-0.2, 0) is 11.2 Å². The van der Waals surface area contributed by atoms with Crippen LogP contribution in [0.25, 0.3) is 0 Å². The highest BCUT2D eigenvalue weighted by molar-refractivity contribution is 9.10. The number of carbonyl (C=O) groups excluding carboxylic acids is 2. The molecule has 0 unspecified atom stereocenters. The van der Waals surface area contributed by atoms with E-state index < -0.39 is 11.8 Å². The Balaban J connectivity index is 1.79. The average Bonchev–Trinajstić information content (AvgIpc) is 2.72. The zero-order valence-corrected chi connectivity index (χ0v) is 20.4. The van der Waals surface area contributed by atoms with Gasteiger partial charge in [0, 0.05) is 5.56 Å². The van der Waals surface area contributed by atoms with Crippen molar-refractivity contribution >= 4 is 61.0 Å². The Labute approximate surface area is 197 Å². The fraction of sp³-hybridized carbons (Fsp3) is 0.250. The van der Waals surface area contributed by atoms with E-state index in [-0.39, 0.29) is 11.7 Å². The van der Waals surface area contributed by atoms with E-state index >= 15 is 0 Å². The van der Waals surface area contributed by atoms with Crippen LogP contribution < -0.4 is 25.6 Å². The Morgan fingerprint density at radius 3 is 2.27 bits per heavy atom. The standard InChI is InChI=1S/C20H21Br2N3O4S/c1-3-12-5-7-17(14(21)9-12)29-11-18(26)24-25-20(30)23-19(27)13-6-8-16(28-4-2)15(22)10-13/h5-10H,3-4,11H2,1-2H3,(H,24,26)(H2,23,25,27,30). The molecular formula is C20H21Br2N3O4S. The zero-order valence-electron chi connectivity index (χ0n) is 16.4. The van der Waals surface area contributed by atoms with Gasteiger partial charge in [-0.2, -0.15) is 0 Å². The summed E-state index contributed by atoms with van der Waals surface area (Å²) >= 11 is 11.8. The Morgan fingerprint density at radius 2 is 1.63 bits per heavy atom. The fourth-order valence-corrected chi connectivity index (χ4v) is 3.49. The molecule has 3 N–H and O–H groups in total. The minimum Gasteiger partial charge on any atom is -0.493 e. The lowest BCUT2D eigenvalue weighted by atomic mass is 10.2. The molecule has 2 rings (SSSR count). The average molecular weight is 559 g/mol. The summed E-state index contributed by atoms with van der Waals surface area (Å²) < 4.78 is 12.3. The van der Waals surface area contributed by atoms with Gasteiger partial charge in [0.05, 0.1) is 15.6 Å². The second-order valence-electron chi connectivity index (χ2n) is 5.94. The van der Waals surface area contributed by atoms with Crippen molar-refractivity contribution < 1.29 is 19.1 Å². The molecule has 10 heteroatoms. The van der Waals surface area contributed by atoms with Gasteiger partial charge in [-0.25, -0.2) is 0 Å². The summed E-state index contributed by atoms with van der Waals surface area (Å²) in [6, 6.07) is 10.6. The van der Waals surface area contributed by atoms with Gasteiger partial charge in [-0.15, -0.1) is 0 Å². The van der Waals surface area contributed by atoms with Crippen LogP contribution >= 0.6 is 44.1 Å². The Kier molecular flexibility index (Phi) is 9.54. The van der Waals surface area contributed by atoms with Crippen LogP contribution in [0.15, 0.2) is 45.3 Å². The maximum Gasteiger partial charge on any atom is 0.276 e. The molecular weight excluding hydrogens is 538 g/mol. The molecule has 0 aromatic heterocycles. The lowest BCUT2D eigenvalue weighted by Gasteiger charge is -2.13. The molecule has 0 spiro atoms. The van der Waals surface area contributed by atoms with Crippen molar-refractivity contribution in [1.82, 2.24) is 16.2 Å². The summed E-state index contributed by atoms with van der Waals surface area (Å²) in [5.74, 6) is 0.306. The molecule has 0 bridgehead atoms. The maximum absolute atomic E-state index is 12.3. The van der Waals surface area contributed by atoms with Crippen molar-refractivity contribution in [3.8, 4) is 11.5 Å². The molecule has 0 aliphatic heterocycles. The Hall–Kier alpha value is -2.17. The SMILES string of the molecule is CCOc1ccc(C(=O)NC(=S)NNC(=O)COc2ccc(CC)cc2Br)cc1Br. The van der Waals surface area contributed by atoms with Gasteiger partial charge < -0.3 is 9.47 Å². The molecule has 160 valence electrons. The van der Waals surface area contributed by atoms with Crippen molar-refractivity contribution in [3.05, 3.63) is 56.5 Å². The highest BCUT2D eigenvalue weighted by Crippen LogP contribution is 2.26. The first-order chi connectivity index (χ1) is 14.3. The maximum atomic E-state index is 12.3. The number of hydrogen-bond acceptors (Lipinski definition) is 5. The molecule has 2 aromatic carbocycles. The number of hydrazine groups is 1. The van der Waals surface area contributed by atoms with Crippen LogP contribution in [0.3, 0.4) is 0 Å². The third-order valence-electron chi connectivity index (χ3n) is 3.80. The predicted octanol–water partition coefficient (Wildman–Crippen LogP) is 3.89. The summed E-state index contributed by atoms with van der Waals surface area (Å²) in [5.41, 5.74) is 6.38. The van der Waals surface area contributed by atoms with Gasteiger partial charge in [0.1, 0.15) is 11.5 Å². The number of halogens is 2. The van der Waals surface area contributed by atoms with E-state index in [1.807, 2.05) is 19.1 Å². The van der Waals surface area contributed by atoms with E-state index in [0.29, 0.717) is 28.1 Å². The number of aryl methyl sites for hydroxylation is 1. The molecule has 0 fully saturated rings. The van der Waals surface area contributed by atoms with Gasteiger partial charge in [-0.1, -0.05) is 13.0 Å². The number of amides is 2. The number of rotatable bonds is 7. The summed E-state index contributed by atoms with van der Waals surface area (Å²) in [6.07, 6.45) is 0.903. The molecule has 2 aromatic rings. The highest BCUT2D eigenvalue weighted by Gasteiger charge is 2.12. The van der Waals surface area contributed by atoms with E-state index in [4.69, 9.17) is 21.7 Å². The quantitative estimate of drug-likeness (QED) is 0.353. The number of carbonyl (C=O) groups is 2. The summed E-state index contributed by atoms with van der Waals surface area (Å²) in [4.78, 5) is 24.2. The predicted molar refractivity (Wildman–Crippen MR) is 126 cm³/mol. The Morgan fingerprint density at radius 1 is 0.967 bits per heavy atom. The van der Waals surface area contributed by atoms with Crippen molar-refractivity contribution in [2.45, 2.75) is 20.3 Å². The van der Waals surface area contributed by atoms with E-state index in [2.05, 4.69) is 55.0 Å². The monoisotopic (exact) mass is 557 g/mol. The van der Waals surface area contributed by atoms with Crippen LogP contribution in [0.2, 0.25) is 0 Å². The van der Waals surface area contributed by atoms with E-state index in [0.717, 1.165) is 16.5 Å². The van der Waals surface area contributed by atoms with E-state index in [1.165, 1.54) is 0 Å². The first-order valence-electron chi connectivity index (χ1n) is 9.07. The van der Waals surface area contributed by atoms with Gasteiger partial charge >= 0.3 is 0 Å². The molecule has 0 saturated carbocycles.